The molecule has 0 aromatic carbocycles. The third-order valence-corrected chi connectivity index (χ3v) is 6.47. The highest BCUT2D eigenvalue weighted by Crippen LogP contribution is 2.58. The fourth-order valence-corrected chi connectivity index (χ4v) is 3.03. The molecule has 5 heterocycles. The van der Waals surface area contributed by atoms with Crippen LogP contribution in [0.4, 0.5) is 207 Å². The Bertz CT molecular complexity index is 2160. The molecule has 0 amide bonds. The molecule has 2 unspecified atom stereocenters. The molecule has 608 valence electrons. The van der Waals surface area contributed by atoms with E-state index >= 15 is 0 Å². The first-order valence-electron chi connectivity index (χ1n) is 21.0. The van der Waals surface area contributed by atoms with Gasteiger partial charge in [-0.1, -0.05) is 0 Å². The summed E-state index contributed by atoms with van der Waals surface area (Å²) in [5, 5.41) is 0. The zero-order valence-corrected chi connectivity index (χ0v) is 46.5. The smallest absolute Gasteiger partial charge is 0.450 e. The van der Waals surface area contributed by atoms with E-state index in [1.54, 1.807) is 0 Å². The molecule has 0 aromatic rings. The van der Waals surface area contributed by atoms with Gasteiger partial charge in [0.1, 0.15) is 50.8 Å². The minimum atomic E-state index is -6.28. The van der Waals surface area contributed by atoms with Crippen LogP contribution >= 0.6 is 0 Å². The van der Waals surface area contributed by atoms with Crippen molar-refractivity contribution in [1.29, 1.82) is 0 Å². The lowest BCUT2D eigenvalue weighted by Gasteiger charge is -2.30. The normalized spacial score (nSPS) is 19.7. The highest BCUT2D eigenvalue weighted by molar-refractivity contribution is 5.06. The highest BCUT2D eigenvalue weighted by atomic mass is 19.5. The van der Waals surface area contributed by atoms with Crippen LogP contribution in [0.3, 0.4) is 0 Å². The SMILES string of the molecule is C=C.C=C.C=C.C=C1OC(F)(C(F)(F)F)C(F)(C(F)(F)F)O1.C=C1OC(F)(F)C(F)(F)O1.CC1(C(F)(F)F)OC=CO1.FC(F)(F)C1(C(F)(F)F)OC=CO1.FC(F)(F)F.FC(F)(F)F.FC(F)(F)F.FC1(F)OC=CO1.FOC(F)(F)C(F)(F)OF.FOCC(F)(F)OF.FOCCOF. The van der Waals surface area contributed by atoms with Gasteiger partial charge in [0.05, 0.1) is 0 Å². The van der Waals surface area contributed by atoms with Gasteiger partial charge < -0.3 is 47.4 Å². The van der Waals surface area contributed by atoms with Crippen LogP contribution in [-0.4, -0.2) is 130 Å². The number of halogens is 47. The van der Waals surface area contributed by atoms with Gasteiger partial charge in [0.25, 0.3) is 11.9 Å². The Morgan fingerprint density at radius 2 is 0.554 bits per heavy atom. The first-order chi connectivity index (χ1) is 44.5. The largest absolute Gasteiger partial charge is 0.585 e. The fourth-order valence-electron chi connectivity index (χ4n) is 3.03. The Morgan fingerprint density at radius 1 is 0.327 bits per heavy atom. The molecule has 63 heteroatoms. The van der Waals surface area contributed by atoms with Gasteiger partial charge in [-0.25, -0.2) is 0 Å². The van der Waals surface area contributed by atoms with Crippen LogP contribution in [0.5, 0.6) is 0 Å². The summed E-state index contributed by atoms with van der Waals surface area (Å²) in [7, 11) is 0. The first-order valence-corrected chi connectivity index (χ1v) is 21.0. The van der Waals surface area contributed by atoms with Crippen molar-refractivity contribution in [2.75, 3.05) is 19.8 Å². The van der Waals surface area contributed by atoms with E-state index in [0.29, 0.717) is 0 Å². The van der Waals surface area contributed by atoms with Crippen molar-refractivity contribution >= 4 is 0 Å². The van der Waals surface area contributed by atoms with Gasteiger partial charge in [0.15, 0.2) is 6.61 Å². The summed E-state index contributed by atoms with van der Waals surface area (Å²) in [5.41, 5.74) is 0. The molecular formula is C38H31F47O16. The van der Waals surface area contributed by atoms with Crippen LogP contribution in [0, 0.1) is 0 Å². The average Bonchev–Trinajstić information content (AvgIpc) is 1.60. The van der Waals surface area contributed by atoms with Crippen molar-refractivity contribution < 1.29 is 284 Å². The monoisotopic (exact) mass is 1640 g/mol. The second kappa shape index (κ2) is 44.7. The Morgan fingerprint density at radius 3 is 0.673 bits per heavy atom. The summed E-state index contributed by atoms with van der Waals surface area (Å²) in [4.78, 5) is 13.1. The van der Waals surface area contributed by atoms with Crippen molar-refractivity contribution in [3.05, 3.63) is 102 Å². The van der Waals surface area contributed by atoms with Crippen LogP contribution < -0.4 is 0 Å². The average molecular weight is 1640 g/mol. The maximum absolute atomic E-state index is 13.0. The molecule has 0 N–H and O–H groups in total. The number of rotatable bonds is 9. The van der Waals surface area contributed by atoms with Gasteiger partial charge in [0.2, 0.25) is 0 Å². The van der Waals surface area contributed by atoms with Gasteiger partial charge in [-0.3, -0.25) is 0 Å². The summed E-state index contributed by atoms with van der Waals surface area (Å²) in [6.07, 6.45) is -69.2. The lowest BCUT2D eigenvalue weighted by atomic mass is 10.1. The zero-order chi connectivity index (χ0) is 83.8. The summed E-state index contributed by atoms with van der Waals surface area (Å²) >= 11 is 0. The molecule has 2 atom stereocenters. The zero-order valence-electron chi connectivity index (χ0n) is 46.5. The minimum Gasteiger partial charge on any atom is -0.450 e. The van der Waals surface area contributed by atoms with Gasteiger partial charge >= 0.3 is 110 Å². The van der Waals surface area contributed by atoms with E-state index in [9.17, 15) is 207 Å². The molecule has 0 aliphatic carbocycles. The maximum atomic E-state index is 13.0. The van der Waals surface area contributed by atoms with Gasteiger partial charge in [-0.15, -0.1) is 116 Å². The molecular weight excluding hydrogens is 1610 g/mol. The molecule has 0 aromatic heterocycles. The number of alkyl halides is 41. The van der Waals surface area contributed by atoms with Crippen LogP contribution in [0.1, 0.15) is 6.92 Å². The standard InChI is InChI=1S/C6H2F8O2.C5H2F6O2.C5H5F3O2.C4H2F4O2.C3H2F2O2.C2F6O2.C2H2F4O2.C2H4F2O2.3C2H4.3CF4/c1-2-15-3(7,5(9,10)11)4(8,16-2)6(12,13)14;6-4(7,8)3(5(9,10)11)12-1-2-13-3;1-4(5(6,7)8)9-2-3-10-4;1-2-9-3(5,6)4(7,8)10-2;4-3(5)6-1-2-7-3;3-1(4,9-7)2(5,6)10-8;3-2(4,8-6)1-7-5;3-5-1-2-6-4;3*1-2;3*2-1(3,4)5/h1H2;1-2H;2-3H,1H3;1H2;1-2H;;1H2;1-2H2;3*1-2H2;;;. The van der Waals surface area contributed by atoms with Crippen LogP contribution in [0.25, 0.3) is 0 Å². The maximum Gasteiger partial charge on any atom is 0.585 e. The second-order valence-electron chi connectivity index (χ2n) is 13.5. The molecule has 5 aliphatic heterocycles. The predicted octanol–water partition coefficient (Wildman–Crippen LogP) is 20.8. The molecule has 0 saturated carbocycles. The molecule has 0 spiro atoms. The molecule has 0 bridgehead atoms. The topological polar surface area (TPSA) is 148 Å². The quantitative estimate of drug-likeness (QED) is 0.122. The number of ether oxygens (including phenoxy) is 10. The van der Waals surface area contributed by atoms with Crippen molar-refractivity contribution in [3.8, 4) is 0 Å². The van der Waals surface area contributed by atoms with Crippen LogP contribution in [0.15, 0.2) is 102 Å². The van der Waals surface area contributed by atoms with E-state index in [1.807, 2.05) is 4.94 Å². The lowest BCUT2D eigenvalue weighted by molar-refractivity contribution is -0.515. The Balaban J connectivity index is -0.000000133. The van der Waals surface area contributed by atoms with Crippen LogP contribution in [0.2, 0.25) is 0 Å². The molecule has 2 saturated heterocycles. The van der Waals surface area contributed by atoms with E-state index in [4.69, 9.17) is 0 Å². The van der Waals surface area contributed by atoms with E-state index in [0.717, 1.165) is 32.0 Å². The second-order valence-corrected chi connectivity index (χ2v) is 13.5. The number of hydrogen-bond acceptors (Lipinski definition) is 16. The molecule has 5 rings (SSSR count). The van der Waals surface area contributed by atoms with Crippen molar-refractivity contribution in [3.63, 3.8) is 0 Å². The van der Waals surface area contributed by atoms with E-state index in [2.05, 4.69) is 115 Å². The fraction of sp³-hybridized carbons (Fsp3) is 0.579. The molecule has 101 heavy (non-hydrogen) atoms. The van der Waals surface area contributed by atoms with Crippen LogP contribution in [-0.2, 0) is 77.0 Å². The van der Waals surface area contributed by atoms with Crippen molar-refractivity contribution in [2.45, 2.75) is 117 Å². The minimum absolute atomic E-state index is 0.195. The third-order valence-electron chi connectivity index (χ3n) is 6.47. The summed E-state index contributed by atoms with van der Waals surface area (Å²) < 4.78 is 556. The van der Waals surface area contributed by atoms with Gasteiger partial charge in [-0.05, 0) is 40.3 Å². The molecule has 16 nitrogen and oxygen atoms in total. The van der Waals surface area contributed by atoms with E-state index < -0.39 is 129 Å². The third kappa shape index (κ3) is 46.5. The predicted molar refractivity (Wildman–Crippen MR) is 218 cm³/mol. The Hall–Kier alpha value is -7.61. The first kappa shape index (κ1) is 112. The Kier molecular flexibility index (Phi) is 49.5. The van der Waals surface area contributed by atoms with Crippen molar-refractivity contribution in [1.82, 2.24) is 0 Å². The van der Waals surface area contributed by atoms with E-state index in [-0.39, 0.29) is 25.7 Å². The summed E-state index contributed by atoms with van der Waals surface area (Å²) in [6, 6.07) is 0. The molecule has 2 fully saturated rings. The molecule has 5 aliphatic rings. The highest BCUT2D eigenvalue weighted by Gasteiger charge is 2.88. The lowest BCUT2D eigenvalue weighted by Crippen LogP contribution is -2.62. The molecule has 0 radical (unpaired) electrons. The Labute approximate surface area is 524 Å². The number of hydrogen-bond donors (Lipinski definition) is 0. The van der Waals surface area contributed by atoms with E-state index in [1.165, 1.54) is 9.88 Å². The summed E-state index contributed by atoms with van der Waals surface area (Å²) in [5.74, 6) is -21.2. The van der Waals surface area contributed by atoms with Crippen molar-refractivity contribution in [2.24, 2.45) is 0 Å². The van der Waals surface area contributed by atoms with Gasteiger partial charge in [-0.2, -0.15) is 133 Å². The summed E-state index contributed by atoms with van der Waals surface area (Å²) in [6.45, 7) is 21.4. The van der Waals surface area contributed by atoms with Gasteiger partial charge in [0, 0.05) is 6.92 Å².